The molecule has 5 heteroatoms. The van der Waals surface area contributed by atoms with Crippen molar-refractivity contribution in [1.82, 2.24) is 14.5 Å². The first-order valence-corrected chi connectivity index (χ1v) is 6.56. The van der Waals surface area contributed by atoms with Gasteiger partial charge in [0.05, 0.1) is 24.2 Å². The standard InChI is InChI=1S/C14H19N3O.ClH/c1-12-15-13-4-2-3-5-14(13)17(12)7-6-16-8-10-18-11-9-16;/h2-5H,6-11H2,1H3;1H. The monoisotopic (exact) mass is 281 g/mol. The lowest BCUT2D eigenvalue weighted by Gasteiger charge is -2.26. The van der Waals surface area contributed by atoms with E-state index in [1.165, 1.54) is 5.52 Å². The molecule has 1 aromatic heterocycles. The SMILES string of the molecule is Cc1nc2ccccc2n1CCN1CCOCC1.Cl. The van der Waals surface area contributed by atoms with E-state index in [4.69, 9.17) is 4.74 Å². The second-order valence-electron chi connectivity index (χ2n) is 4.75. The average Bonchev–Trinajstić information content (AvgIpc) is 2.73. The maximum Gasteiger partial charge on any atom is 0.106 e. The lowest BCUT2D eigenvalue weighted by molar-refractivity contribution is 0.0364. The summed E-state index contributed by atoms with van der Waals surface area (Å²) in [4.78, 5) is 7.05. The molecule has 0 bridgehead atoms. The molecule has 1 saturated heterocycles. The number of fused-ring (bicyclic) bond motifs is 1. The molecular formula is C14H20ClN3O. The Morgan fingerprint density at radius 3 is 2.68 bits per heavy atom. The number of halogens is 1. The van der Waals surface area contributed by atoms with Crippen LogP contribution in [0.4, 0.5) is 0 Å². The summed E-state index contributed by atoms with van der Waals surface area (Å²) in [5, 5.41) is 0. The van der Waals surface area contributed by atoms with Crippen LogP contribution in [0.5, 0.6) is 0 Å². The molecule has 0 N–H and O–H groups in total. The highest BCUT2D eigenvalue weighted by atomic mass is 35.5. The summed E-state index contributed by atoms with van der Waals surface area (Å²) in [6, 6.07) is 8.35. The van der Waals surface area contributed by atoms with E-state index in [1.807, 2.05) is 6.07 Å². The molecule has 0 aliphatic carbocycles. The van der Waals surface area contributed by atoms with E-state index >= 15 is 0 Å². The molecule has 0 radical (unpaired) electrons. The molecule has 3 rings (SSSR count). The molecule has 0 unspecified atom stereocenters. The van der Waals surface area contributed by atoms with Gasteiger partial charge in [-0.25, -0.2) is 4.98 Å². The van der Waals surface area contributed by atoms with Gasteiger partial charge in [0.15, 0.2) is 0 Å². The number of aromatic nitrogens is 2. The van der Waals surface area contributed by atoms with Crippen LogP contribution in [0, 0.1) is 6.92 Å². The predicted molar refractivity (Wildman–Crippen MR) is 79.0 cm³/mol. The highest BCUT2D eigenvalue weighted by molar-refractivity contribution is 5.85. The minimum absolute atomic E-state index is 0. The number of hydrogen-bond acceptors (Lipinski definition) is 3. The molecule has 4 nitrogen and oxygen atoms in total. The number of rotatable bonds is 3. The number of aryl methyl sites for hydroxylation is 1. The highest BCUT2D eigenvalue weighted by Gasteiger charge is 2.12. The Balaban J connectivity index is 0.00000133. The van der Waals surface area contributed by atoms with Crippen LogP contribution in [0.25, 0.3) is 11.0 Å². The summed E-state index contributed by atoms with van der Waals surface area (Å²) in [7, 11) is 0. The van der Waals surface area contributed by atoms with Crippen LogP contribution in [0.2, 0.25) is 0 Å². The van der Waals surface area contributed by atoms with Gasteiger partial charge in [-0.05, 0) is 19.1 Å². The lowest BCUT2D eigenvalue weighted by Crippen LogP contribution is -2.38. The Labute approximate surface area is 119 Å². The van der Waals surface area contributed by atoms with Crippen molar-refractivity contribution in [2.75, 3.05) is 32.8 Å². The second kappa shape index (κ2) is 6.37. The topological polar surface area (TPSA) is 30.3 Å². The molecule has 1 aliphatic heterocycles. The third-order valence-corrected chi connectivity index (χ3v) is 3.59. The maximum atomic E-state index is 5.37. The van der Waals surface area contributed by atoms with Gasteiger partial charge >= 0.3 is 0 Å². The Morgan fingerprint density at radius 2 is 1.89 bits per heavy atom. The molecule has 0 atom stereocenters. The lowest BCUT2D eigenvalue weighted by atomic mass is 10.3. The van der Waals surface area contributed by atoms with Crippen LogP contribution in [0.1, 0.15) is 5.82 Å². The quantitative estimate of drug-likeness (QED) is 0.863. The van der Waals surface area contributed by atoms with Crippen LogP contribution in [0.15, 0.2) is 24.3 Å². The zero-order chi connectivity index (χ0) is 12.4. The van der Waals surface area contributed by atoms with E-state index in [0.29, 0.717) is 0 Å². The van der Waals surface area contributed by atoms with Gasteiger partial charge < -0.3 is 9.30 Å². The van der Waals surface area contributed by atoms with Crippen LogP contribution >= 0.6 is 12.4 Å². The minimum Gasteiger partial charge on any atom is -0.379 e. The van der Waals surface area contributed by atoms with Crippen LogP contribution < -0.4 is 0 Å². The fourth-order valence-corrected chi connectivity index (χ4v) is 2.54. The van der Waals surface area contributed by atoms with Gasteiger partial charge in [0.2, 0.25) is 0 Å². The molecule has 2 aromatic rings. The van der Waals surface area contributed by atoms with Gasteiger partial charge in [0, 0.05) is 26.2 Å². The van der Waals surface area contributed by atoms with E-state index in [2.05, 4.69) is 39.6 Å². The Morgan fingerprint density at radius 1 is 1.16 bits per heavy atom. The first-order chi connectivity index (χ1) is 8.84. The molecule has 1 aromatic carbocycles. The van der Waals surface area contributed by atoms with E-state index in [1.54, 1.807) is 0 Å². The number of para-hydroxylation sites is 2. The fraction of sp³-hybridized carbons (Fsp3) is 0.500. The summed E-state index contributed by atoms with van der Waals surface area (Å²) >= 11 is 0. The Kier molecular flexibility index (Phi) is 4.80. The molecule has 19 heavy (non-hydrogen) atoms. The summed E-state index contributed by atoms with van der Waals surface area (Å²) in [5.41, 5.74) is 2.33. The molecule has 0 saturated carbocycles. The van der Waals surface area contributed by atoms with Crippen LogP contribution in [-0.2, 0) is 11.3 Å². The maximum absolute atomic E-state index is 5.37. The summed E-state index contributed by atoms with van der Waals surface area (Å²) in [6.45, 7) is 7.99. The van der Waals surface area contributed by atoms with E-state index < -0.39 is 0 Å². The van der Waals surface area contributed by atoms with Crippen LogP contribution in [-0.4, -0.2) is 47.3 Å². The third-order valence-electron chi connectivity index (χ3n) is 3.59. The smallest absolute Gasteiger partial charge is 0.106 e. The van der Waals surface area contributed by atoms with Crippen LogP contribution in [0.3, 0.4) is 0 Å². The van der Waals surface area contributed by atoms with E-state index in [0.717, 1.165) is 50.7 Å². The largest absolute Gasteiger partial charge is 0.379 e. The molecule has 0 amide bonds. The highest BCUT2D eigenvalue weighted by Crippen LogP contribution is 2.15. The molecule has 104 valence electrons. The van der Waals surface area contributed by atoms with Gasteiger partial charge in [-0.15, -0.1) is 12.4 Å². The predicted octanol–water partition coefficient (Wildman–Crippen LogP) is 2.10. The third kappa shape index (κ3) is 3.08. The summed E-state index contributed by atoms with van der Waals surface area (Å²) < 4.78 is 7.68. The van der Waals surface area contributed by atoms with Gasteiger partial charge in [-0.1, -0.05) is 12.1 Å². The molecule has 2 heterocycles. The van der Waals surface area contributed by atoms with Gasteiger partial charge in [-0.2, -0.15) is 0 Å². The van der Waals surface area contributed by atoms with Crippen molar-refractivity contribution in [2.45, 2.75) is 13.5 Å². The first-order valence-electron chi connectivity index (χ1n) is 6.56. The number of benzene rings is 1. The minimum atomic E-state index is 0. The molecule has 1 aliphatic rings. The van der Waals surface area contributed by atoms with E-state index in [-0.39, 0.29) is 12.4 Å². The van der Waals surface area contributed by atoms with Crippen molar-refractivity contribution < 1.29 is 4.74 Å². The normalized spacial score (nSPS) is 16.5. The van der Waals surface area contributed by atoms with E-state index in [9.17, 15) is 0 Å². The molecule has 1 fully saturated rings. The molecular weight excluding hydrogens is 262 g/mol. The molecule has 0 spiro atoms. The van der Waals surface area contributed by atoms with Gasteiger partial charge in [0.25, 0.3) is 0 Å². The average molecular weight is 282 g/mol. The summed E-state index contributed by atoms with van der Waals surface area (Å²) in [5.74, 6) is 1.10. The number of imidazole rings is 1. The fourth-order valence-electron chi connectivity index (χ4n) is 2.54. The van der Waals surface area contributed by atoms with Crippen molar-refractivity contribution in [3.63, 3.8) is 0 Å². The first kappa shape index (κ1) is 14.3. The number of ether oxygens (including phenoxy) is 1. The number of hydrogen-bond donors (Lipinski definition) is 0. The number of morpholine rings is 1. The van der Waals surface area contributed by atoms with Gasteiger partial charge in [-0.3, -0.25) is 4.90 Å². The second-order valence-corrected chi connectivity index (χ2v) is 4.75. The van der Waals surface area contributed by atoms with Crippen molar-refractivity contribution in [3.05, 3.63) is 30.1 Å². The van der Waals surface area contributed by atoms with Crippen molar-refractivity contribution in [1.29, 1.82) is 0 Å². The zero-order valence-electron chi connectivity index (χ0n) is 11.2. The van der Waals surface area contributed by atoms with Crippen molar-refractivity contribution in [3.8, 4) is 0 Å². The van der Waals surface area contributed by atoms with Crippen molar-refractivity contribution in [2.24, 2.45) is 0 Å². The number of nitrogens with zero attached hydrogens (tertiary/aromatic N) is 3. The Hall–Kier alpha value is -1.10. The van der Waals surface area contributed by atoms with Gasteiger partial charge in [0.1, 0.15) is 5.82 Å². The van der Waals surface area contributed by atoms with Crippen molar-refractivity contribution >= 4 is 23.4 Å². The zero-order valence-corrected chi connectivity index (χ0v) is 12.0. The Bertz CT molecular complexity index is 534. The summed E-state index contributed by atoms with van der Waals surface area (Å²) in [6.07, 6.45) is 0.